The molecule has 0 heterocycles. The summed E-state index contributed by atoms with van der Waals surface area (Å²) in [5, 5.41) is 9.89. The number of hydrogen-bond acceptors (Lipinski definition) is 2. The van der Waals surface area contributed by atoms with Crippen molar-refractivity contribution in [3.63, 3.8) is 0 Å². The molecule has 0 bridgehead atoms. The number of halogens is 2. The van der Waals surface area contributed by atoms with E-state index in [1.165, 1.54) is 0 Å². The molecule has 0 spiro atoms. The topological polar surface area (TPSA) is 46.5 Å². The van der Waals surface area contributed by atoms with Gasteiger partial charge in [-0.25, -0.2) is 4.79 Å². The monoisotopic (exact) mass is 300 g/mol. The summed E-state index contributed by atoms with van der Waals surface area (Å²) in [6, 6.07) is 7.17. The fourth-order valence-corrected chi connectivity index (χ4v) is 2.52. The van der Waals surface area contributed by atoms with Gasteiger partial charge in [-0.2, -0.15) is 0 Å². The van der Waals surface area contributed by atoms with Gasteiger partial charge in [-0.05, 0) is 17.7 Å². The van der Waals surface area contributed by atoms with Gasteiger partial charge in [0.2, 0.25) is 0 Å². The third-order valence-electron chi connectivity index (χ3n) is 3.48. The Kier molecular flexibility index (Phi) is 3.79. The first-order valence-electron chi connectivity index (χ1n) is 5.85. The van der Waals surface area contributed by atoms with Crippen LogP contribution in [0.3, 0.4) is 0 Å². The van der Waals surface area contributed by atoms with Crippen LogP contribution in [-0.2, 0) is 4.74 Å². The van der Waals surface area contributed by atoms with E-state index < -0.39 is 6.16 Å². The Balaban J connectivity index is 2.13. The van der Waals surface area contributed by atoms with E-state index in [1.54, 1.807) is 12.1 Å². The third-order valence-corrected chi connectivity index (χ3v) is 4.08. The van der Waals surface area contributed by atoms with Crippen LogP contribution in [-0.4, -0.2) is 17.4 Å². The van der Waals surface area contributed by atoms with Crippen molar-refractivity contribution in [2.75, 3.05) is 0 Å². The summed E-state index contributed by atoms with van der Waals surface area (Å²) >= 11 is 12.1. The molecule has 2 rings (SSSR count). The maximum absolute atomic E-state index is 10.6. The predicted molar refractivity (Wildman–Crippen MR) is 75.5 cm³/mol. The summed E-state index contributed by atoms with van der Waals surface area (Å²) < 4.78 is 4.84. The molecule has 0 radical (unpaired) electrons. The third kappa shape index (κ3) is 3.04. The summed E-state index contributed by atoms with van der Waals surface area (Å²) in [6.07, 6.45) is 0.251. The van der Waals surface area contributed by atoms with Gasteiger partial charge >= 0.3 is 6.16 Å². The zero-order chi connectivity index (χ0) is 14.2. The predicted octanol–water partition coefficient (Wildman–Crippen LogP) is 4.64. The number of benzene rings is 1. The van der Waals surface area contributed by atoms with Crippen molar-refractivity contribution in [1.82, 2.24) is 0 Å². The molecular weight excluding hydrogens is 287 g/mol. The van der Waals surface area contributed by atoms with Crippen LogP contribution in [0.2, 0.25) is 5.02 Å². The van der Waals surface area contributed by atoms with Gasteiger partial charge in [-0.1, -0.05) is 55.3 Å². The molecule has 0 aromatic heterocycles. The Bertz CT molecular complexity index is 520. The van der Waals surface area contributed by atoms with Crippen molar-refractivity contribution in [2.45, 2.75) is 20.0 Å². The molecule has 0 unspecified atom stereocenters. The van der Waals surface area contributed by atoms with Gasteiger partial charge in [0.15, 0.2) is 0 Å². The van der Waals surface area contributed by atoms with Crippen molar-refractivity contribution in [3.8, 4) is 0 Å². The van der Waals surface area contributed by atoms with E-state index in [1.807, 2.05) is 32.1 Å². The normalized spacial score (nSPS) is 24.9. The lowest BCUT2D eigenvalue weighted by atomic mass is 10.1. The number of hydrogen-bond donors (Lipinski definition) is 1. The summed E-state index contributed by atoms with van der Waals surface area (Å²) in [5.41, 5.74) is 0.633. The molecule has 1 fully saturated rings. The fraction of sp³-hybridized carbons (Fsp3) is 0.357. The molecule has 1 aromatic rings. The molecular formula is C14H14Cl2O3. The Morgan fingerprint density at radius 3 is 2.47 bits per heavy atom. The maximum Gasteiger partial charge on any atom is 0.506 e. The Morgan fingerprint density at radius 2 is 1.95 bits per heavy atom. The van der Waals surface area contributed by atoms with E-state index >= 15 is 0 Å². The lowest BCUT2D eigenvalue weighted by Crippen LogP contribution is -2.07. The number of rotatable bonds is 3. The summed E-state index contributed by atoms with van der Waals surface area (Å²) in [5.74, 6) is -0.00761. The Morgan fingerprint density at radius 1 is 1.37 bits per heavy atom. The average Bonchev–Trinajstić information content (AvgIpc) is 2.80. The van der Waals surface area contributed by atoms with E-state index in [9.17, 15) is 4.79 Å². The largest absolute Gasteiger partial charge is 0.506 e. The number of carboxylic acid groups (broad SMARTS) is 1. The van der Waals surface area contributed by atoms with Gasteiger partial charge in [0.05, 0.1) is 0 Å². The SMILES string of the molecule is CC1(C)[C@H](/C=C(/Cl)c2ccc(Cl)cc2)[C@H]1OC(=O)O. The van der Waals surface area contributed by atoms with Crippen molar-refractivity contribution in [3.05, 3.63) is 40.9 Å². The van der Waals surface area contributed by atoms with Gasteiger partial charge in [0.1, 0.15) is 6.10 Å². The fourth-order valence-electron chi connectivity index (χ4n) is 2.13. The van der Waals surface area contributed by atoms with Crippen molar-refractivity contribution < 1.29 is 14.6 Å². The first-order chi connectivity index (χ1) is 8.82. The summed E-state index contributed by atoms with van der Waals surface area (Å²) in [4.78, 5) is 10.6. The molecule has 19 heavy (non-hydrogen) atoms. The molecule has 0 saturated heterocycles. The minimum absolute atomic E-state index is 0.00761. The van der Waals surface area contributed by atoms with Gasteiger partial charge in [0.25, 0.3) is 0 Å². The van der Waals surface area contributed by atoms with Gasteiger partial charge < -0.3 is 9.84 Å². The zero-order valence-electron chi connectivity index (χ0n) is 10.6. The van der Waals surface area contributed by atoms with Crippen LogP contribution in [0.1, 0.15) is 19.4 Å². The van der Waals surface area contributed by atoms with E-state index in [-0.39, 0.29) is 17.4 Å². The standard InChI is InChI=1S/C14H14Cl2O3/c1-14(2)10(12(14)19-13(17)18)7-11(16)8-3-5-9(15)6-4-8/h3-7,10,12H,1-2H3,(H,17,18)/b11-7+/t10-,12-/m1/s1. The Labute approximate surface area is 121 Å². The molecule has 1 aliphatic rings. The van der Waals surface area contributed by atoms with Crippen molar-refractivity contribution >= 4 is 34.4 Å². The highest BCUT2D eigenvalue weighted by atomic mass is 35.5. The zero-order valence-corrected chi connectivity index (χ0v) is 12.1. The van der Waals surface area contributed by atoms with Gasteiger partial charge in [-0.3, -0.25) is 0 Å². The molecule has 5 heteroatoms. The molecule has 102 valence electrons. The van der Waals surface area contributed by atoms with E-state index in [0.29, 0.717) is 10.1 Å². The number of carbonyl (C=O) groups is 1. The van der Waals surface area contributed by atoms with Crippen LogP contribution in [0, 0.1) is 11.3 Å². The Hall–Kier alpha value is -1.19. The van der Waals surface area contributed by atoms with Crippen molar-refractivity contribution in [2.24, 2.45) is 11.3 Å². The van der Waals surface area contributed by atoms with Crippen LogP contribution >= 0.6 is 23.2 Å². The molecule has 1 aromatic carbocycles. The molecule has 1 saturated carbocycles. The summed E-state index contributed by atoms with van der Waals surface area (Å²) in [7, 11) is 0. The quantitative estimate of drug-likeness (QED) is 0.827. The van der Waals surface area contributed by atoms with Crippen LogP contribution in [0.15, 0.2) is 30.3 Å². The number of ether oxygens (including phenoxy) is 1. The van der Waals surface area contributed by atoms with E-state index in [4.69, 9.17) is 33.0 Å². The minimum atomic E-state index is -1.25. The lowest BCUT2D eigenvalue weighted by molar-refractivity contribution is 0.0732. The molecule has 2 atom stereocenters. The minimum Gasteiger partial charge on any atom is -0.450 e. The van der Waals surface area contributed by atoms with E-state index in [2.05, 4.69) is 0 Å². The highest BCUT2D eigenvalue weighted by Crippen LogP contribution is 2.56. The maximum atomic E-state index is 10.6. The average molecular weight is 301 g/mol. The molecule has 1 N–H and O–H groups in total. The highest BCUT2D eigenvalue weighted by Gasteiger charge is 2.60. The molecule has 0 aliphatic heterocycles. The second kappa shape index (κ2) is 5.06. The summed E-state index contributed by atoms with van der Waals surface area (Å²) in [6.45, 7) is 3.90. The van der Waals surface area contributed by atoms with E-state index in [0.717, 1.165) is 5.56 Å². The molecule has 3 nitrogen and oxygen atoms in total. The van der Waals surface area contributed by atoms with Gasteiger partial charge in [0, 0.05) is 21.4 Å². The molecule has 1 aliphatic carbocycles. The first-order valence-corrected chi connectivity index (χ1v) is 6.61. The second-order valence-corrected chi connectivity index (χ2v) is 6.02. The highest BCUT2D eigenvalue weighted by molar-refractivity contribution is 6.48. The van der Waals surface area contributed by atoms with Crippen molar-refractivity contribution in [1.29, 1.82) is 0 Å². The van der Waals surface area contributed by atoms with Crippen LogP contribution < -0.4 is 0 Å². The van der Waals surface area contributed by atoms with Crippen LogP contribution in [0.5, 0.6) is 0 Å². The first kappa shape index (κ1) is 14.2. The second-order valence-electron chi connectivity index (χ2n) is 5.17. The molecule has 0 amide bonds. The van der Waals surface area contributed by atoms with Crippen LogP contribution in [0.4, 0.5) is 4.79 Å². The smallest absolute Gasteiger partial charge is 0.450 e. The van der Waals surface area contributed by atoms with Gasteiger partial charge in [-0.15, -0.1) is 0 Å². The van der Waals surface area contributed by atoms with Crippen LogP contribution in [0.25, 0.3) is 5.03 Å². The lowest BCUT2D eigenvalue weighted by Gasteiger charge is -2.00.